The minimum absolute atomic E-state index is 0.220. The minimum Gasteiger partial charge on any atom is -0.459 e. The van der Waals surface area contributed by atoms with Gasteiger partial charge in [-0.15, -0.1) is 0 Å². The van der Waals surface area contributed by atoms with E-state index in [9.17, 15) is 9.59 Å². The summed E-state index contributed by atoms with van der Waals surface area (Å²) in [5.41, 5.74) is 0. The van der Waals surface area contributed by atoms with Crippen LogP contribution in [0.25, 0.3) is 0 Å². The number of hydrogen-bond acceptors (Lipinski definition) is 4. The molecule has 1 amide bonds. The van der Waals surface area contributed by atoms with E-state index in [2.05, 4.69) is 10.1 Å². The summed E-state index contributed by atoms with van der Waals surface area (Å²) in [4.78, 5) is 22.0. The van der Waals surface area contributed by atoms with Crippen LogP contribution in [0.15, 0.2) is 0 Å². The molecule has 5 nitrogen and oxygen atoms in total. The van der Waals surface area contributed by atoms with Crippen LogP contribution in [0.5, 0.6) is 0 Å². The highest BCUT2D eigenvalue weighted by molar-refractivity contribution is 6.32. The number of carbonyl (C=O) groups is 2. The molecule has 0 aliphatic carbocycles. The van der Waals surface area contributed by atoms with Crippen molar-refractivity contribution in [3.8, 4) is 0 Å². The Bertz CT molecular complexity index is 223. The van der Waals surface area contributed by atoms with Gasteiger partial charge < -0.3 is 14.8 Å². The summed E-state index contributed by atoms with van der Waals surface area (Å²) in [5, 5.41) is 2.50. The quantitative estimate of drug-likeness (QED) is 0.538. The summed E-state index contributed by atoms with van der Waals surface area (Å²) in [7, 11) is 0. The SMILES string of the molecule is CCOC(=O)C(=O)NCCC1CCCO1. The average molecular weight is 215 g/mol. The fraction of sp³-hybridized carbons (Fsp3) is 0.800. The van der Waals surface area contributed by atoms with Gasteiger partial charge in [-0.3, -0.25) is 4.79 Å². The molecule has 1 unspecified atom stereocenters. The molecule has 15 heavy (non-hydrogen) atoms. The van der Waals surface area contributed by atoms with Gasteiger partial charge in [0.15, 0.2) is 0 Å². The second-order valence-corrected chi connectivity index (χ2v) is 3.40. The lowest BCUT2D eigenvalue weighted by molar-refractivity contribution is -0.154. The fourth-order valence-corrected chi connectivity index (χ4v) is 1.49. The standard InChI is InChI=1S/C10H17NO4/c1-2-14-10(13)9(12)11-6-5-8-4-3-7-15-8/h8H,2-7H2,1H3,(H,11,12). The molecule has 1 aliphatic heterocycles. The maximum absolute atomic E-state index is 11.1. The molecule has 0 aromatic heterocycles. The lowest BCUT2D eigenvalue weighted by atomic mass is 10.2. The van der Waals surface area contributed by atoms with E-state index in [1.54, 1.807) is 6.92 Å². The molecule has 0 spiro atoms. The van der Waals surface area contributed by atoms with E-state index < -0.39 is 11.9 Å². The topological polar surface area (TPSA) is 64.6 Å². The molecule has 0 aromatic carbocycles. The van der Waals surface area contributed by atoms with Crippen molar-refractivity contribution in [3.63, 3.8) is 0 Å². The first-order valence-electron chi connectivity index (χ1n) is 5.30. The van der Waals surface area contributed by atoms with Crippen molar-refractivity contribution in [3.05, 3.63) is 0 Å². The van der Waals surface area contributed by atoms with E-state index in [4.69, 9.17) is 4.74 Å². The molecule has 1 aliphatic rings. The number of esters is 1. The Morgan fingerprint density at radius 3 is 2.93 bits per heavy atom. The Morgan fingerprint density at radius 1 is 1.53 bits per heavy atom. The van der Waals surface area contributed by atoms with Crippen LogP contribution in [-0.2, 0) is 19.1 Å². The number of carbonyl (C=O) groups excluding carboxylic acids is 2. The number of hydrogen-bond donors (Lipinski definition) is 1. The van der Waals surface area contributed by atoms with Crippen molar-refractivity contribution in [2.45, 2.75) is 32.3 Å². The molecule has 0 bridgehead atoms. The van der Waals surface area contributed by atoms with Gasteiger partial charge in [-0.1, -0.05) is 0 Å². The van der Waals surface area contributed by atoms with Crippen molar-refractivity contribution in [1.82, 2.24) is 5.32 Å². The zero-order valence-corrected chi connectivity index (χ0v) is 8.95. The lowest BCUT2D eigenvalue weighted by Crippen LogP contribution is -2.34. The van der Waals surface area contributed by atoms with Crippen molar-refractivity contribution < 1.29 is 19.1 Å². The van der Waals surface area contributed by atoms with Gasteiger partial charge in [0.1, 0.15) is 0 Å². The second kappa shape index (κ2) is 6.40. The first-order chi connectivity index (χ1) is 7.24. The van der Waals surface area contributed by atoms with Crippen molar-refractivity contribution >= 4 is 11.9 Å². The highest BCUT2D eigenvalue weighted by Gasteiger charge is 2.17. The number of nitrogens with one attached hydrogen (secondary N) is 1. The molecule has 1 heterocycles. The van der Waals surface area contributed by atoms with E-state index in [0.29, 0.717) is 6.54 Å². The van der Waals surface area contributed by atoms with Crippen LogP contribution in [0, 0.1) is 0 Å². The normalized spacial score (nSPS) is 19.9. The van der Waals surface area contributed by atoms with E-state index in [1.165, 1.54) is 0 Å². The van der Waals surface area contributed by atoms with Gasteiger partial charge in [-0.2, -0.15) is 0 Å². The van der Waals surface area contributed by atoms with Crippen LogP contribution in [0.4, 0.5) is 0 Å². The van der Waals surface area contributed by atoms with Gasteiger partial charge in [0, 0.05) is 13.2 Å². The van der Waals surface area contributed by atoms with Crippen LogP contribution in [0.3, 0.4) is 0 Å². The first-order valence-corrected chi connectivity index (χ1v) is 5.30. The Kier molecular flexibility index (Phi) is 5.10. The highest BCUT2D eigenvalue weighted by Crippen LogP contribution is 2.14. The molecule has 5 heteroatoms. The molecule has 1 atom stereocenters. The molecule has 0 saturated carbocycles. The van der Waals surface area contributed by atoms with Gasteiger partial charge in [0.05, 0.1) is 12.7 Å². The van der Waals surface area contributed by atoms with Crippen LogP contribution < -0.4 is 5.32 Å². The average Bonchev–Trinajstić information content (AvgIpc) is 2.71. The van der Waals surface area contributed by atoms with E-state index in [0.717, 1.165) is 25.9 Å². The van der Waals surface area contributed by atoms with Crippen LogP contribution in [0.2, 0.25) is 0 Å². The number of rotatable bonds is 4. The van der Waals surface area contributed by atoms with E-state index >= 15 is 0 Å². The Morgan fingerprint density at radius 2 is 2.33 bits per heavy atom. The molecule has 86 valence electrons. The van der Waals surface area contributed by atoms with E-state index in [1.807, 2.05) is 0 Å². The summed E-state index contributed by atoms with van der Waals surface area (Å²) in [6, 6.07) is 0. The van der Waals surface area contributed by atoms with Gasteiger partial charge in [-0.05, 0) is 26.2 Å². The Labute approximate surface area is 89.1 Å². The molecule has 0 aromatic rings. The summed E-state index contributed by atoms with van der Waals surface area (Å²) in [6.45, 7) is 3.15. The lowest BCUT2D eigenvalue weighted by Gasteiger charge is -2.09. The largest absolute Gasteiger partial charge is 0.459 e. The van der Waals surface area contributed by atoms with Crippen LogP contribution in [-0.4, -0.2) is 37.7 Å². The number of ether oxygens (including phenoxy) is 2. The summed E-state index contributed by atoms with van der Waals surface area (Å²) < 4.78 is 9.92. The maximum Gasteiger partial charge on any atom is 0.396 e. The molecular weight excluding hydrogens is 198 g/mol. The zero-order chi connectivity index (χ0) is 11.1. The molecule has 1 fully saturated rings. The smallest absolute Gasteiger partial charge is 0.396 e. The highest BCUT2D eigenvalue weighted by atomic mass is 16.5. The zero-order valence-electron chi connectivity index (χ0n) is 8.95. The van der Waals surface area contributed by atoms with Crippen molar-refractivity contribution in [1.29, 1.82) is 0 Å². The van der Waals surface area contributed by atoms with Gasteiger partial charge in [0.2, 0.25) is 0 Å². The van der Waals surface area contributed by atoms with Crippen LogP contribution in [0.1, 0.15) is 26.2 Å². The Balaban J connectivity index is 2.08. The third kappa shape index (κ3) is 4.29. The second-order valence-electron chi connectivity index (χ2n) is 3.40. The van der Waals surface area contributed by atoms with Crippen molar-refractivity contribution in [2.75, 3.05) is 19.8 Å². The molecule has 1 N–H and O–H groups in total. The summed E-state index contributed by atoms with van der Waals surface area (Å²) in [5.74, 6) is -1.49. The maximum atomic E-state index is 11.1. The van der Waals surface area contributed by atoms with Gasteiger partial charge >= 0.3 is 11.9 Å². The predicted octanol–water partition coefficient (Wildman–Crippen LogP) is 0.235. The summed E-state index contributed by atoms with van der Waals surface area (Å²) in [6.07, 6.45) is 3.10. The molecule has 1 rings (SSSR count). The van der Waals surface area contributed by atoms with Gasteiger partial charge in [0.25, 0.3) is 0 Å². The molecule has 1 saturated heterocycles. The fourth-order valence-electron chi connectivity index (χ4n) is 1.49. The molecular formula is C10H17NO4. The molecule has 0 radical (unpaired) electrons. The Hall–Kier alpha value is -1.10. The first kappa shape index (κ1) is 12.0. The third-order valence-electron chi connectivity index (χ3n) is 2.24. The van der Waals surface area contributed by atoms with Crippen LogP contribution >= 0.6 is 0 Å². The van der Waals surface area contributed by atoms with E-state index in [-0.39, 0.29) is 12.7 Å². The minimum atomic E-state index is -0.815. The number of amides is 1. The predicted molar refractivity (Wildman–Crippen MR) is 53.2 cm³/mol. The van der Waals surface area contributed by atoms with Gasteiger partial charge in [-0.25, -0.2) is 4.79 Å². The third-order valence-corrected chi connectivity index (χ3v) is 2.24. The van der Waals surface area contributed by atoms with Crippen molar-refractivity contribution in [2.24, 2.45) is 0 Å². The monoisotopic (exact) mass is 215 g/mol. The summed E-state index contributed by atoms with van der Waals surface area (Å²) >= 11 is 0.